The number of thiazole rings is 1. The number of aliphatic imine (C=N–C) groups is 1. The van der Waals surface area contributed by atoms with E-state index in [0.29, 0.717) is 24.8 Å². The standard InChI is InChI=1S/C16H21FN4OS.HI/c1-11(22-14-6-4-5-13(17)7-14)8-20-16(18-3)21-10-15-9-19-12(2)23-15;/h4-7,9,11H,8,10H2,1-3H3,(H2,18,20,21);1H. The molecule has 2 rings (SSSR count). The van der Waals surface area contributed by atoms with Crippen LogP contribution in [-0.2, 0) is 6.54 Å². The predicted molar refractivity (Wildman–Crippen MR) is 107 cm³/mol. The van der Waals surface area contributed by atoms with Gasteiger partial charge in [-0.25, -0.2) is 9.37 Å². The Balaban J connectivity index is 0.00000288. The highest BCUT2D eigenvalue weighted by molar-refractivity contribution is 14.0. The molecule has 24 heavy (non-hydrogen) atoms. The lowest BCUT2D eigenvalue weighted by Crippen LogP contribution is -2.41. The Morgan fingerprint density at radius 1 is 1.42 bits per heavy atom. The minimum atomic E-state index is -0.306. The zero-order valence-electron chi connectivity index (χ0n) is 13.9. The summed E-state index contributed by atoms with van der Waals surface area (Å²) in [6.07, 6.45) is 1.73. The second-order valence-corrected chi connectivity index (χ2v) is 6.36. The zero-order valence-corrected chi connectivity index (χ0v) is 17.0. The molecule has 0 aliphatic carbocycles. The molecule has 0 radical (unpaired) electrons. The van der Waals surface area contributed by atoms with E-state index in [0.717, 1.165) is 9.88 Å². The third-order valence-electron chi connectivity index (χ3n) is 3.01. The zero-order chi connectivity index (χ0) is 16.7. The van der Waals surface area contributed by atoms with Gasteiger partial charge in [0, 0.05) is 24.2 Å². The van der Waals surface area contributed by atoms with Crippen LogP contribution in [0.4, 0.5) is 4.39 Å². The van der Waals surface area contributed by atoms with Crippen LogP contribution >= 0.6 is 35.3 Å². The van der Waals surface area contributed by atoms with Gasteiger partial charge in [-0.15, -0.1) is 35.3 Å². The Bertz CT molecular complexity index is 665. The first-order valence-electron chi connectivity index (χ1n) is 7.35. The van der Waals surface area contributed by atoms with Crippen molar-refractivity contribution in [1.82, 2.24) is 15.6 Å². The number of nitrogens with zero attached hydrogens (tertiary/aromatic N) is 2. The normalized spacial score (nSPS) is 12.2. The first-order valence-corrected chi connectivity index (χ1v) is 8.16. The van der Waals surface area contributed by atoms with Gasteiger partial charge in [0.25, 0.3) is 0 Å². The number of guanidine groups is 1. The molecular formula is C16H22FIN4OS. The third-order valence-corrected chi connectivity index (χ3v) is 3.93. The molecule has 2 aromatic rings. The van der Waals surface area contributed by atoms with E-state index in [2.05, 4.69) is 20.6 Å². The predicted octanol–water partition coefficient (Wildman–Crippen LogP) is 3.34. The number of hydrogen-bond donors (Lipinski definition) is 2. The van der Waals surface area contributed by atoms with Crippen LogP contribution in [0.2, 0.25) is 0 Å². The van der Waals surface area contributed by atoms with Gasteiger partial charge in [-0.05, 0) is 26.0 Å². The first-order chi connectivity index (χ1) is 11.1. The summed E-state index contributed by atoms with van der Waals surface area (Å²) in [6, 6.07) is 6.12. The van der Waals surface area contributed by atoms with Crippen molar-refractivity contribution in [3.05, 3.63) is 46.2 Å². The average Bonchev–Trinajstić information content (AvgIpc) is 2.93. The van der Waals surface area contributed by atoms with Gasteiger partial charge in [0.2, 0.25) is 0 Å². The van der Waals surface area contributed by atoms with Crippen molar-refractivity contribution in [2.45, 2.75) is 26.5 Å². The minimum Gasteiger partial charge on any atom is -0.489 e. The molecule has 0 fully saturated rings. The fourth-order valence-electron chi connectivity index (χ4n) is 1.93. The van der Waals surface area contributed by atoms with E-state index in [-0.39, 0.29) is 35.9 Å². The van der Waals surface area contributed by atoms with E-state index in [1.807, 2.05) is 20.0 Å². The summed E-state index contributed by atoms with van der Waals surface area (Å²) < 4.78 is 18.8. The number of ether oxygens (including phenoxy) is 1. The van der Waals surface area contributed by atoms with Gasteiger partial charge in [-0.2, -0.15) is 0 Å². The fraction of sp³-hybridized carbons (Fsp3) is 0.375. The Labute approximate surface area is 162 Å². The fourth-order valence-corrected chi connectivity index (χ4v) is 2.67. The van der Waals surface area contributed by atoms with Gasteiger partial charge in [0.15, 0.2) is 5.96 Å². The molecule has 1 aromatic heterocycles. The average molecular weight is 464 g/mol. The molecule has 1 aromatic carbocycles. The van der Waals surface area contributed by atoms with Crippen LogP contribution in [0.5, 0.6) is 5.75 Å². The summed E-state index contributed by atoms with van der Waals surface area (Å²) in [5.74, 6) is 0.896. The van der Waals surface area contributed by atoms with Crippen LogP contribution in [0.1, 0.15) is 16.8 Å². The molecular weight excluding hydrogens is 442 g/mol. The maximum Gasteiger partial charge on any atom is 0.191 e. The molecule has 0 saturated carbocycles. The van der Waals surface area contributed by atoms with Crippen LogP contribution in [0.25, 0.3) is 0 Å². The Kier molecular flexibility index (Phi) is 8.98. The Morgan fingerprint density at radius 3 is 2.83 bits per heavy atom. The van der Waals surface area contributed by atoms with Crippen LogP contribution in [0.3, 0.4) is 0 Å². The van der Waals surface area contributed by atoms with Crippen LogP contribution < -0.4 is 15.4 Å². The molecule has 5 nitrogen and oxygen atoms in total. The van der Waals surface area contributed by atoms with Gasteiger partial charge >= 0.3 is 0 Å². The van der Waals surface area contributed by atoms with Crippen molar-refractivity contribution in [2.75, 3.05) is 13.6 Å². The van der Waals surface area contributed by atoms with Gasteiger partial charge in [0.05, 0.1) is 18.1 Å². The molecule has 0 saturated heterocycles. The van der Waals surface area contributed by atoms with Crippen molar-refractivity contribution in [3.63, 3.8) is 0 Å². The molecule has 0 aliphatic rings. The SMILES string of the molecule is CN=C(NCc1cnc(C)s1)NCC(C)Oc1cccc(F)c1.I. The summed E-state index contributed by atoms with van der Waals surface area (Å²) in [5, 5.41) is 7.45. The van der Waals surface area contributed by atoms with Gasteiger partial charge in [0.1, 0.15) is 17.7 Å². The van der Waals surface area contributed by atoms with E-state index < -0.39 is 0 Å². The maximum atomic E-state index is 13.1. The Hall–Kier alpha value is -1.42. The summed E-state index contributed by atoms with van der Waals surface area (Å²) in [5.41, 5.74) is 0. The smallest absolute Gasteiger partial charge is 0.191 e. The number of aromatic nitrogens is 1. The van der Waals surface area contributed by atoms with E-state index >= 15 is 0 Å². The highest BCUT2D eigenvalue weighted by Gasteiger charge is 2.07. The summed E-state index contributed by atoms with van der Waals surface area (Å²) in [7, 11) is 1.71. The number of nitrogens with one attached hydrogen (secondary N) is 2. The Morgan fingerprint density at radius 2 is 2.21 bits per heavy atom. The van der Waals surface area contributed by atoms with E-state index in [1.165, 1.54) is 12.1 Å². The van der Waals surface area contributed by atoms with Crippen molar-refractivity contribution in [3.8, 4) is 5.75 Å². The van der Waals surface area contributed by atoms with E-state index in [4.69, 9.17) is 4.74 Å². The molecule has 1 unspecified atom stereocenters. The number of benzene rings is 1. The van der Waals surface area contributed by atoms with Crippen LogP contribution in [-0.4, -0.2) is 30.6 Å². The van der Waals surface area contributed by atoms with Crippen LogP contribution in [0.15, 0.2) is 35.5 Å². The number of rotatable bonds is 6. The molecule has 2 N–H and O–H groups in total. The molecule has 0 spiro atoms. The first kappa shape index (κ1) is 20.6. The van der Waals surface area contributed by atoms with Crippen LogP contribution in [0, 0.1) is 12.7 Å². The number of hydrogen-bond acceptors (Lipinski definition) is 4. The minimum absolute atomic E-state index is 0. The summed E-state index contributed by atoms with van der Waals surface area (Å²) in [4.78, 5) is 9.53. The molecule has 1 atom stereocenters. The monoisotopic (exact) mass is 464 g/mol. The third kappa shape index (κ3) is 7.00. The molecule has 1 heterocycles. The van der Waals surface area contributed by atoms with Crippen molar-refractivity contribution in [2.24, 2.45) is 4.99 Å². The lowest BCUT2D eigenvalue weighted by Gasteiger charge is -2.17. The topological polar surface area (TPSA) is 58.5 Å². The maximum absolute atomic E-state index is 13.1. The lowest BCUT2D eigenvalue weighted by molar-refractivity contribution is 0.223. The summed E-state index contributed by atoms with van der Waals surface area (Å²) in [6.45, 7) is 5.12. The van der Waals surface area contributed by atoms with Crippen molar-refractivity contribution in [1.29, 1.82) is 0 Å². The second-order valence-electron chi connectivity index (χ2n) is 5.04. The van der Waals surface area contributed by atoms with Crippen molar-refractivity contribution < 1.29 is 9.13 Å². The van der Waals surface area contributed by atoms with Gasteiger partial charge in [-0.3, -0.25) is 4.99 Å². The number of halogens is 2. The second kappa shape index (κ2) is 10.4. The molecule has 8 heteroatoms. The van der Waals surface area contributed by atoms with E-state index in [1.54, 1.807) is 30.5 Å². The molecule has 0 amide bonds. The van der Waals surface area contributed by atoms with Gasteiger partial charge < -0.3 is 15.4 Å². The molecule has 132 valence electrons. The van der Waals surface area contributed by atoms with Gasteiger partial charge in [-0.1, -0.05) is 6.07 Å². The molecule has 0 bridgehead atoms. The highest BCUT2D eigenvalue weighted by Crippen LogP contribution is 2.13. The van der Waals surface area contributed by atoms with E-state index in [9.17, 15) is 4.39 Å². The highest BCUT2D eigenvalue weighted by atomic mass is 127. The number of aryl methyl sites for hydroxylation is 1. The quantitative estimate of drug-likeness (QED) is 0.391. The lowest BCUT2D eigenvalue weighted by atomic mass is 10.3. The summed E-state index contributed by atoms with van der Waals surface area (Å²) >= 11 is 1.65. The molecule has 0 aliphatic heterocycles. The largest absolute Gasteiger partial charge is 0.489 e. The van der Waals surface area contributed by atoms with Crippen molar-refractivity contribution >= 4 is 41.3 Å².